The maximum atomic E-state index is 12.0. The molecule has 0 aliphatic carbocycles. The second-order valence-corrected chi connectivity index (χ2v) is 8.60. The van der Waals surface area contributed by atoms with Crippen molar-refractivity contribution in [2.45, 2.75) is 24.1 Å². The number of thiophene rings is 1. The molecule has 0 radical (unpaired) electrons. The highest BCUT2D eigenvalue weighted by Crippen LogP contribution is 2.26. The first-order chi connectivity index (χ1) is 8.38. The molecule has 1 N–H and O–H groups in total. The first-order valence-corrected chi connectivity index (χ1v) is 8.58. The summed E-state index contributed by atoms with van der Waals surface area (Å²) in [5, 5.41) is 0. The lowest BCUT2D eigenvalue weighted by Gasteiger charge is -2.11. The average Bonchev–Trinajstić information content (AvgIpc) is 2.86. The van der Waals surface area contributed by atoms with Crippen LogP contribution < -0.4 is 4.72 Å². The Labute approximate surface area is 119 Å². The number of nitrogens with one attached hydrogen (secondary N) is 1. The van der Waals surface area contributed by atoms with Gasteiger partial charge in [0.2, 0.25) is 0 Å². The van der Waals surface area contributed by atoms with Crippen LogP contribution in [0.1, 0.15) is 22.7 Å². The lowest BCUT2D eigenvalue weighted by molar-refractivity contribution is 0.570. The van der Waals surface area contributed by atoms with Gasteiger partial charge in [0.25, 0.3) is 10.0 Å². The van der Waals surface area contributed by atoms with Gasteiger partial charge in [0.1, 0.15) is 0 Å². The van der Waals surface area contributed by atoms with Gasteiger partial charge in [-0.05, 0) is 26.0 Å². The van der Waals surface area contributed by atoms with Crippen molar-refractivity contribution in [2.24, 2.45) is 0 Å². The predicted molar refractivity (Wildman–Crippen MR) is 74.9 cm³/mol. The van der Waals surface area contributed by atoms with E-state index in [9.17, 15) is 8.42 Å². The van der Waals surface area contributed by atoms with Crippen molar-refractivity contribution in [3.8, 4) is 0 Å². The Morgan fingerprint density at radius 1 is 1.39 bits per heavy atom. The normalized spacial score (nSPS) is 13.7. The zero-order chi connectivity index (χ0) is 13.3. The van der Waals surface area contributed by atoms with E-state index in [4.69, 9.17) is 11.6 Å². The highest BCUT2D eigenvalue weighted by molar-refractivity contribution is 7.91. The van der Waals surface area contributed by atoms with Crippen LogP contribution in [0.3, 0.4) is 0 Å². The molecule has 0 amide bonds. The molecule has 0 fully saturated rings. The average molecular weight is 323 g/mol. The maximum Gasteiger partial charge on any atom is 0.252 e. The number of aryl methyl sites for hydroxylation is 1. The van der Waals surface area contributed by atoms with Crippen LogP contribution in [0.15, 0.2) is 22.5 Å². The second kappa shape index (κ2) is 5.26. The lowest BCUT2D eigenvalue weighted by atomic mass is 10.3. The summed E-state index contributed by atoms with van der Waals surface area (Å²) in [5.74, 6) is 0. The van der Waals surface area contributed by atoms with Crippen molar-refractivity contribution >= 4 is 44.3 Å². The number of thiazole rings is 1. The summed E-state index contributed by atoms with van der Waals surface area (Å²) in [6, 6.07) is 3.62. The quantitative estimate of drug-likeness (QED) is 0.940. The molecule has 0 aliphatic rings. The first kappa shape index (κ1) is 14.0. The van der Waals surface area contributed by atoms with E-state index in [1.165, 1.54) is 6.20 Å². The van der Waals surface area contributed by atoms with Gasteiger partial charge >= 0.3 is 0 Å². The molecule has 2 rings (SSSR count). The Hall–Kier alpha value is -0.470. The highest BCUT2D eigenvalue weighted by atomic mass is 35.5. The minimum atomic E-state index is -3.55. The monoisotopic (exact) mass is 322 g/mol. The number of rotatable bonds is 4. The van der Waals surface area contributed by atoms with Gasteiger partial charge in [-0.15, -0.1) is 11.3 Å². The van der Waals surface area contributed by atoms with Crippen molar-refractivity contribution in [1.29, 1.82) is 0 Å². The van der Waals surface area contributed by atoms with Crippen molar-refractivity contribution in [3.63, 3.8) is 0 Å². The van der Waals surface area contributed by atoms with Crippen molar-refractivity contribution < 1.29 is 8.42 Å². The molecule has 0 saturated heterocycles. The smallest absolute Gasteiger partial charge is 0.232 e. The topological polar surface area (TPSA) is 59.1 Å². The molecule has 8 heteroatoms. The summed E-state index contributed by atoms with van der Waals surface area (Å²) in [6.07, 6.45) is 1.27. The number of sulfonamides is 1. The number of halogens is 1. The molecule has 0 bridgehead atoms. The first-order valence-electron chi connectivity index (χ1n) is 5.08. The third-order valence-corrected chi connectivity index (χ3v) is 6.54. The number of aromatic nitrogens is 1. The van der Waals surface area contributed by atoms with Gasteiger partial charge in [-0.2, -0.15) is 0 Å². The summed E-state index contributed by atoms with van der Waals surface area (Å²) in [7, 11) is -3.55. The van der Waals surface area contributed by atoms with E-state index in [-0.39, 0.29) is 14.7 Å². The molecular weight excluding hydrogens is 312 g/mol. The zero-order valence-corrected chi connectivity index (χ0v) is 12.9. The molecule has 0 saturated carbocycles. The molecule has 1 atom stereocenters. The van der Waals surface area contributed by atoms with Crippen LogP contribution in [0.4, 0.5) is 0 Å². The van der Waals surface area contributed by atoms with E-state index in [1.807, 2.05) is 26.0 Å². The molecular formula is C10H11ClN2O2S3. The molecule has 2 aromatic heterocycles. The maximum absolute atomic E-state index is 12.0. The molecule has 0 spiro atoms. The number of nitrogens with zero attached hydrogens (tertiary/aromatic N) is 1. The fraction of sp³-hybridized carbons (Fsp3) is 0.300. The second-order valence-electron chi connectivity index (χ2n) is 3.72. The molecule has 4 nitrogen and oxygen atoms in total. The molecule has 2 aromatic rings. The van der Waals surface area contributed by atoms with Crippen LogP contribution in [-0.4, -0.2) is 13.4 Å². The molecule has 0 aromatic carbocycles. The summed E-state index contributed by atoms with van der Waals surface area (Å²) in [6.45, 7) is 3.80. The zero-order valence-electron chi connectivity index (χ0n) is 9.68. The van der Waals surface area contributed by atoms with E-state index in [0.29, 0.717) is 0 Å². The Balaban J connectivity index is 2.18. The fourth-order valence-electron chi connectivity index (χ4n) is 1.40. The summed E-state index contributed by atoms with van der Waals surface area (Å²) in [4.78, 5) is 5.86. The van der Waals surface area contributed by atoms with E-state index in [1.54, 1.807) is 11.3 Å². The Morgan fingerprint density at radius 3 is 2.61 bits per heavy atom. The van der Waals surface area contributed by atoms with Crippen LogP contribution in [0, 0.1) is 6.92 Å². The summed E-state index contributed by atoms with van der Waals surface area (Å²) < 4.78 is 27.0. The standard InChI is InChI=1S/C10H11ClN2O2S3/c1-6-3-4-8(16-6)7(2)13-18(14,15)9-5-12-10(11)17-9/h3-5,7,13H,1-2H3. The Kier molecular flexibility index (Phi) is 4.08. The van der Waals surface area contributed by atoms with Crippen LogP contribution in [0.5, 0.6) is 0 Å². The van der Waals surface area contributed by atoms with E-state index in [0.717, 1.165) is 21.1 Å². The van der Waals surface area contributed by atoms with Crippen LogP contribution >= 0.6 is 34.3 Å². The van der Waals surface area contributed by atoms with Crippen molar-refractivity contribution in [2.75, 3.05) is 0 Å². The Morgan fingerprint density at radius 2 is 2.11 bits per heavy atom. The predicted octanol–water partition coefficient (Wildman–Crippen LogP) is 3.21. The van der Waals surface area contributed by atoms with Gasteiger partial charge in [-0.3, -0.25) is 0 Å². The number of hydrogen-bond acceptors (Lipinski definition) is 5. The number of hydrogen-bond donors (Lipinski definition) is 1. The van der Waals surface area contributed by atoms with Gasteiger partial charge in [0, 0.05) is 9.75 Å². The van der Waals surface area contributed by atoms with Gasteiger partial charge in [-0.1, -0.05) is 22.9 Å². The molecule has 18 heavy (non-hydrogen) atoms. The van der Waals surface area contributed by atoms with Crippen LogP contribution in [-0.2, 0) is 10.0 Å². The van der Waals surface area contributed by atoms with Crippen molar-refractivity contribution in [1.82, 2.24) is 9.71 Å². The van der Waals surface area contributed by atoms with E-state index in [2.05, 4.69) is 9.71 Å². The SMILES string of the molecule is Cc1ccc(C(C)NS(=O)(=O)c2cnc(Cl)s2)s1. The van der Waals surface area contributed by atoms with Gasteiger partial charge in [0.05, 0.1) is 12.2 Å². The molecule has 98 valence electrons. The van der Waals surface area contributed by atoms with Gasteiger partial charge < -0.3 is 0 Å². The van der Waals surface area contributed by atoms with Gasteiger partial charge in [-0.25, -0.2) is 18.1 Å². The minimum absolute atomic E-state index is 0.132. The molecule has 2 heterocycles. The summed E-state index contributed by atoms with van der Waals surface area (Å²) >= 11 is 8.16. The lowest BCUT2D eigenvalue weighted by Crippen LogP contribution is -2.25. The van der Waals surface area contributed by atoms with Crippen LogP contribution in [0.2, 0.25) is 4.47 Å². The minimum Gasteiger partial charge on any atom is -0.232 e. The third kappa shape index (κ3) is 3.10. The highest BCUT2D eigenvalue weighted by Gasteiger charge is 2.21. The fourth-order valence-corrected chi connectivity index (χ4v) is 4.88. The van der Waals surface area contributed by atoms with Crippen molar-refractivity contribution in [3.05, 3.63) is 32.6 Å². The molecule has 0 aliphatic heterocycles. The summed E-state index contributed by atoms with van der Waals surface area (Å²) in [5.41, 5.74) is 0. The molecule has 1 unspecified atom stereocenters. The third-order valence-electron chi connectivity index (χ3n) is 2.24. The van der Waals surface area contributed by atoms with E-state index < -0.39 is 10.0 Å². The van der Waals surface area contributed by atoms with Gasteiger partial charge in [0.15, 0.2) is 8.68 Å². The van der Waals surface area contributed by atoms with E-state index >= 15 is 0 Å². The van der Waals surface area contributed by atoms with Crippen LogP contribution in [0.25, 0.3) is 0 Å². The Bertz CT molecular complexity index is 648. The largest absolute Gasteiger partial charge is 0.252 e.